The molecule has 0 aliphatic heterocycles. The molecule has 1 fully saturated rings. The SMILES string of the molecule is NC1CCC(CNc2nc(NCCc3cccc(Cl)c3)ncc2[N+](=O)[O-])CC1. The summed E-state index contributed by atoms with van der Waals surface area (Å²) >= 11 is 5.99. The molecule has 1 saturated carbocycles. The first kappa shape index (κ1) is 20.3. The number of halogens is 1. The summed E-state index contributed by atoms with van der Waals surface area (Å²) < 4.78 is 0. The molecular weight excluding hydrogens is 380 g/mol. The van der Waals surface area contributed by atoms with Gasteiger partial charge in [-0.2, -0.15) is 4.98 Å². The number of hydrogen-bond donors (Lipinski definition) is 3. The normalized spacial score (nSPS) is 19.2. The van der Waals surface area contributed by atoms with Crippen molar-refractivity contribution in [3.63, 3.8) is 0 Å². The third-order valence-electron chi connectivity index (χ3n) is 5.00. The van der Waals surface area contributed by atoms with Crippen LogP contribution < -0.4 is 16.4 Å². The Morgan fingerprint density at radius 2 is 2.04 bits per heavy atom. The molecule has 1 aliphatic rings. The molecule has 0 spiro atoms. The first-order valence-corrected chi connectivity index (χ1v) is 9.88. The number of nitro groups is 1. The maximum atomic E-state index is 11.3. The second-order valence-electron chi connectivity index (χ2n) is 7.15. The maximum Gasteiger partial charge on any atom is 0.329 e. The van der Waals surface area contributed by atoms with Gasteiger partial charge >= 0.3 is 5.69 Å². The fourth-order valence-electron chi connectivity index (χ4n) is 3.37. The van der Waals surface area contributed by atoms with Crippen molar-refractivity contribution >= 4 is 29.1 Å². The minimum atomic E-state index is -0.463. The smallest absolute Gasteiger partial charge is 0.329 e. The number of anilines is 2. The summed E-state index contributed by atoms with van der Waals surface area (Å²) in [4.78, 5) is 19.2. The van der Waals surface area contributed by atoms with Gasteiger partial charge in [0, 0.05) is 24.2 Å². The van der Waals surface area contributed by atoms with Crippen LogP contribution >= 0.6 is 11.6 Å². The second kappa shape index (κ2) is 9.66. The molecule has 0 bridgehead atoms. The molecular formula is C19H25ClN6O2. The van der Waals surface area contributed by atoms with Gasteiger partial charge in [0.05, 0.1) is 4.92 Å². The van der Waals surface area contributed by atoms with Crippen LogP contribution in [0.5, 0.6) is 0 Å². The monoisotopic (exact) mass is 404 g/mol. The van der Waals surface area contributed by atoms with Crippen molar-refractivity contribution in [2.75, 3.05) is 23.7 Å². The van der Waals surface area contributed by atoms with Crippen molar-refractivity contribution < 1.29 is 4.92 Å². The highest BCUT2D eigenvalue weighted by Crippen LogP contribution is 2.26. The van der Waals surface area contributed by atoms with E-state index in [1.165, 1.54) is 6.20 Å². The van der Waals surface area contributed by atoms with E-state index >= 15 is 0 Å². The first-order chi connectivity index (χ1) is 13.5. The Labute approximate surface area is 169 Å². The van der Waals surface area contributed by atoms with Gasteiger partial charge in [0.25, 0.3) is 0 Å². The Kier molecular flexibility index (Phi) is 7.00. The third kappa shape index (κ3) is 5.77. The van der Waals surface area contributed by atoms with Crippen LogP contribution in [0.4, 0.5) is 17.5 Å². The fraction of sp³-hybridized carbons (Fsp3) is 0.474. The lowest BCUT2D eigenvalue weighted by Gasteiger charge is -2.26. The molecule has 1 aromatic heterocycles. The van der Waals surface area contributed by atoms with Gasteiger partial charge in [-0.05, 0) is 55.7 Å². The number of benzene rings is 1. The van der Waals surface area contributed by atoms with Gasteiger partial charge in [-0.3, -0.25) is 10.1 Å². The van der Waals surface area contributed by atoms with Crippen molar-refractivity contribution in [2.45, 2.75) is 38.1 Å². The number of hydrogen-bond acceptors (Lipinski definition) is 7. The molecule has 150 valence electrons. The number of rotatable bonds is 8. The fourth-order valence-corrected chi connectivity index (χ4v) is 3.58. The van der Waals surface area contributed by atoms with E-state index in [1.807, 2.05) is 24.3 Å². The largest absolute Gasteiger partial charge is 0.364 e. The van der Waals surface area contributed by atoms with Gasteiger partial charge in [0.15, 0.2) is 0 Å². The molecule has 4 N–H and O–H groups in total. The molecule has 0 radical (unpaired) electrons. The third-order valence-corrected chi connectivity index (χ3v) is 5.24. The van der Waals surface area contributed by atoms with Gasteiger partial charge in [-0.15, -0.1) is 0 Å². The Morgan fingerprint density at radius 1 is 1.25 bits per heavy atom. The van der Waals surface area contributed by atoms with Gasteiger partial charge in [-0.25, -0.2) is 4.98 Å². The summed E-state index contributed by atoms with van der Waals surface area (Å²) in [5.41, 5.74) is 6.91. The van der Waals surface area contributed by atoms with Gasteiger partial charge < -0.3 is 16.4 Å². The summed E-state index contributed by atoms with van der Waals surface area (Å²) in [5, 5.41) is 18.3. The van der Waals surface area contributed by atoms with Crippen LogP contribution in [0, 0.1) is 16.0 Å². The quantitative estimate of drug-likeness (QED) is 0.454. The molecule has 0 unspecified atom stereocenters. The Balaban J connectivity index is 1.59. The molecule has 0 amide bonds. The highest BCUT2D eigenvalue weighted by atomic mass is 35.5. The van der Waals surface area contributed by atoms with Gasteiger partial charge in [-0.1, -0.05) is 23.7 Å². The van der Waals surface area contributed by atoms with E-state index in [2.05, 4.69) is 20.6 Å². The van der Waals surface area contributed by atoms with Crippen LogP contribution in [0.15, 0.2) is 30.5 Å². The van der Waals surface area contributed by atoms with E-state index in [0.29, 0.717) is 30.0 Å². The lowest BCUT2D eigenvalue weighted by Crippen LogP contribution is -2.29. The summed E-state index contributed by atoms with van der Waals surface area (Å²) in [6.45, 7) is 1.24. The Bertz CT molecular complexity index is 811. The molecule has 3 rings (SSSR count). The Morgan fingerprint density at radius 3 is 2.75 bits per heavy atom. The highest BCUT2D eigenvalue weighted by Gasteiger charge is 2.21. The zero-order valence-corrected chi connectivity index (χ0v) is 16.4. The Hall–Kier alpha value is -2.45. The van der Waals surface area contributed by atoms with E-state index < -0.39 is 4.92 Å². The molecule has 0 atom stereocenters. The van der Waals surface area contributed by atoms with Crippen molar-refractivity contribution in [1.29, 1.82) is 0 Å². The molecule has 0 saturated heterocycles. The average Bonchev–Trinajstić information content (AvgIpc) is 2.67. The van der Waals surface area contributed by atoms with Gasteiger partial charge in [0.2, 0.25) is 11.8 Å². The molecule has 9 heteroatoms. The van der Waals surface area contributed by atoms with E-state index in [0.717, 1.165) is 37.7 Å². The topological polar surface area (TPSA) is 119 Å². The van der Waals surface area contributed by atoms with Crippen LogP contribution in [-0.4, -0.2) is 34.0 Å². The van der Waals surface area contributed by atoms with Crippen molar-refractivity contribution in [1.82, 2.24) is 9.97 Å². The molecule has 28 heavy (non-hydrogen) atoms. The minimum Gasteiger partial charge on any atom is -0.364 e. The number of nitrogens with one attached hydrogen (secondary N) is 2. The van der Waals surface area contributed by atoms with Gasteiger partial charge in [0.1, 0.15) is 6.20 Å². The van der Waals surface area contributed by atoms with Crippen LogP contribution in [0.3, 0.4) is 0 Å². The number of nitrogens with two attached hydrogens (primary N) is 1. The second-order valence-corrected chi connectivity index (χ2v) is 7.59. The number of nitrogens with zero attached hydrogens (tertiary/aromatic N) is 3. The molecule has 1 aliphatic carbocycles. The minimum absolute atomic E-state index is 0.118. The van der Waals surface area contributed by atoms with E-state index in [-0.39, 0.29) is 17.5 Å². The zero-order valence-electron chi connectivity index (χ0n) is 15.6. The lowest BCUT2D eigenvalue weighted by atomic mass is 9.86. The van der Waals surface area contributed by atoms with Crippen LogP contribution in [0.25, 0.3) is 0 Å². The molecule has 1 aromatic carbocycles. The van der Waals surface area contributed by atoms with Crippen LogP contribution in [0.1, 0.15) is 31.2 Å². The lowest BCUT2D eigenvalue weighted by molar-refractivity contribution is -0.384. The standard InChI is InChI=1S/C19H25ClN6O2/c20-15-3-1-2-13(10-15)8-9-22-19-24-12-17(26(27)28)18(25-19)23-11-14-4-6-16(21)7-5-14/h1-3,10,12,14,16H,4-9,11,21H2,(H2,22,23,24,25). The van der Waals surface area contributed by atoms with Crippen molar-refractivity contribution in [3.05, 3.63) is 51.2 Å². The zero-order chi connectivity index (χ0) is 19.9. The molecule has 2 aromatic rings. The van der Waals surface area contributed by atoms with E-state index in [4.69, 9.17) is 17.3 Å². The molecule has 1 heterocycles. The summed E-state index contributed by atoms with van der Waals surface area (Å²) in [5.74, 6) is 1.06. The summed E-state index contributed by atoms with van der Waals surface area (Å²) in [7, 11) is 0. The first-order valence-electron chi connectivity index (χ1n) is 9.50. The number of aromatic nitrogens is 2. The predicted octanol–water partition coefficient (Wildman–Crippen LogP) is 3.62. The van der Waals surface area contributed by atoms with Crippen molar-refractivity contribution in [3.8, 4) is 0 Å². The van der Waals surface area contributed by atoms with Crippen molar-refractivity contribution in [2.24, 2.45) is 11.7 Å². The predicted molar refractivity (Wildman–Crippen MR) is 111 cm³/mol. The molecule has 8 nitrogen and oxygen atoms in total. The summed E-state index contributed by atoms with van der Waals surface area (Å²) in [6.07, 6.45) is 6.03. The average molecular weight is 405 g/mol. The van der Waals surface area contributed by atoms with E-state index in [9.17, 15) is 10.1 Å². The van der Waals surface area contributed by atoms with Crippen LogP contribution in [-0.2, 0) is 6.42 Å². The summed E-state index contributed by atoms with van der Waals surface area (Å²) in [6, 6.07) is 7.91. The maximum absolute atomic E-state index is 11.3. The van der Waals surface area contributed by atoms with Crippen LogP contribution in [0.2, 0.25) is 5.02 Å². The highest BCUT2D eigenvalue weighted by molar-refractivity contribution is 6.30. The van der Waals surface area contributed by atoms with E-state index in [1.54, 1.807) is 0 Å².